The molecule has 1 unspecified atom stereocenters. The first-order valence-electron chi connectivity index (χ1n) is 6.88. The molecule has 0 saturated carbocycles. The van der Waals surface area contributed by atoms with Gasteiger partial charge in [-0.3, -0.25) is 4.79 Å². The monoisotopic (exact) mass is 560 g/mol. The minimum absolute atomic E-state index is 0. The van der Waals surface area contributed by atoms with Gasteiger partial charge in [-0.2, -0.15) is 0 Å². The van der Waals surface area contributed by atoms with Crippen molar-refractivity contribution in [1.29, 1.82) is 0 Å². The van der Waals surface area contributed by atoms with Crippen LogP contribution in [0.25, 0.3) is 0 Å². The fourth-order valence-electron chi connectivity index (χ4n) is 1.39. The van der Waals surface area contributed by atoms with Gasteiger partial charge in [-0.05, 0) is 6.16 Å². The van der Waals surface area contributed by atoms with E-state index in [4.69, 9.17) is 35.4 Å². The van der Waals surface area contributed by atoms with E-state index in [0.29, 0.717) is 0 Å². The Balaban J connectivity index is -0.0000000880. The number of carboxylic acid groups (broad SMARTS) is 8. The van der Waals surface area contributed by atoms with E-state index >= 15 is 0 Å². The molecule has 0 aromatic carbocycles. The van der Waals surface area contributed by atoms with E-state index in [2.05, 4.69) is 0 Å². The molecule has 20 heteroatoms. The maximum absolute atomic E-state index is 10.3. The summed E-state index contributed by atoms with van der Waals surface area (Å²) in [5.74, 6) is -11.3. The molecule has 0 bridgehead atoms. The van der Waals surface area contributed by atoms with Crippen molar-refractivity contribution in [2.75, 3.05) is 0 Å². The zero-order valence-corrected chi connectivity index (χ0v) is 23.2. The summed E-state index contributed by atoms with van der Waals surface area (Å²) in [6.07, 6.45) is -7.49. The van der Waals surface area contributed by atoms with Gasteiger partial charge in [0.1, 0.15) is 5.60 Å². The van der Waals surface area contributed by atoms with E-state index in [1.807, 2.05) is 0 Å². The standard InChI is InChI=1S/2C6H8O7.CH2O3.3Ca/c2*7-3(8)1-6(13,5(11)12)2-4(9)10;2-1(3)4;;;/h2*13H,1-2H2,(H,7,8)(H,9,10)(H,11,12);(H2,2,3,4);;;/q;;;3*+2/p-6. The third-order valence-corrected chi connectivity index (χ3v) is 2.53. The number of carboxylic acids is 6. The molecular formula is C13H12Ca3O17. The molecule has 0 amide bonds. The molecular weight excluding hydrogens is 548 g/mol. The number of aliphatic carboxylic acids is 6. The summed E-state index contributed by atoms with van der Waals surface area (Å²) in [6, 6.07) is 0. The largest absolute Gasteiger partial charge is 2.00 e. The van der Waals surface area contributed by atoms with Crippen LogP contribution in [-0.2, 0) is 28.8 Å². The summed E-state index contributed by atoms with van der Waals surface area (Å²) in [4.78, 5) is 68.7. The first-order chi connectivity index (χ1) is 13.3. The summed E-state index contributed by atoms with van der Waals surface area (Å²) in [7, 11) is 0. The predicted molar refractivity (Wildman–Crippen MR) is 86.3 cm³/mol. The number of carbonyl (C=O) groups is 7. The Bertz CT molecular complexity index is 604. The number of rotatable bonds is 10. The molecule has 0 saturated heterocycles. The van der Waals surface area contributed by atoms with Crippen molar-refractivity contribution < 1.29 is 84.6 Å². The van der Waals surface area contributed by atoms with Gasteiger partial charge >= 0.3 is 125 Å². The Morgan fingerprint density at radius 3 is 0.939 bits per heavy atom. The van der Waals surface area contributed by atoms with Crippen LogP contribution in [0, 0.1) is 0 Å². The second-order valence-electron chi connectivity index (χ2n) is 5.12. The molecule has 0 radical (unpaired) electrons. The van der Waals surface area contributed by atoms with Crippen LogP contribution in [0.5, 0.6) is 0 Å². The first-order valence-corrected chi connectivity index (χ1v) is 6.88. The third-order valence-electron chi connectivity index (χ3n) is 2.53. The van der Waals surface area contributed by atoms with Gasteiger partial charge < -0.3 is 75.0 Å². The molecule has 0 aliphatic heterocycles. The van der Waals surface area contributed by atoms with Crippen molar-refractivity contribution in [3.05, 3.63) is 0 Å². The van der Waals surface area contributed by atoms with Gasteiger partial charge in [-0.1, -0.05) is 0 Å². The average molecular weight is 560 g/mol. The smallest absolute Gasteiger partial charge is 0.652 e. The quantitative estimate of drug-likeness (QED) is 0.180. The van der Waals surface area contributed by atoms with Crippen LogP contribution in [-0.4, -0.2) is 187 Å². The topological polar surface area (TPSA) is 339 Å². The summed E-state index contributed by atoms with van der Waals surface area (Å²) in [6.45, 7) is 0. The number of hydrogen-bond acceptors (Lipinski definition) is 15. The van der Waals surface area contributed by atoms with Crippen LogP contribution in [0.3, 0.4) is 0 Å². The van der Waals surface area contributed by atoms with Crippen LogP contribution in [0.2, 0.25) is 0 Å². The van der Waals surface area contributed by atoms with Gasteiger partial charge in [-0.25, -0.2) is 4.79 Å². The average Bonchev–Trinajstić information content (AvgIpc) is 2.43. The Hall–Kier alpha value is -0.211. The first kappa shape index (κ1) is 46.2. The zero-order chi connectivity index (χ0) is 24.9. The fourth-order valence-corrected chi connectivity index (χ4v) is 1.39. The van der Waals surface area contributed by atoms with E-state index in [9.17, 15) is 49.2 Å². The van der Waals surface area contributed by atoms with Gasteiger partial charge in [0.05, 0.1) is 12.4 Å². The van der Waals surface area contributed by atoms with Gasteiger partial charge in [-0.15, -0.1) is 0 Å². The maximum Gasteiger partial charge on any atom is 2.00 e. The molecule has 0 aromatic rings. The van der Waals surface area contributed by atoms with Crippen molar-refractivity contribution in [2.24, 2.45) is 0 Å². The molecule has 0 aliphatic carbocycles. The molecule has 172 valence electrons. The van der Waals surface area contributed by atoms with E-state index < -0.39 is 78.9 Å². The molecule has 4 N–H and O–H groups in total. The van der Waals surface area contributed by atoms with E-state index in [-0.39, 0.29) is 113 Å². The van der Waals surface area contributed by atoms with Crippen LogP contribution >= 0.6 is 0 Å². The fraction of sp³-hybridized carbons (Fsp3) is 0.462. The number of aliphatic hydroxyl groups is 2. The van der Waals surface area contributed by atoms with Gasteiger partial charge in [0.2, 0.25) is 0 Å². The molecule has 33 heavy (non-hydrogen) atoms. The second kappa shape index (κ2) is 22.3. The van der Waals surface area contributed by atoms with Crippen molar-refractivity contribution in [3.63, 3.8) is 0 Å². The predicted octanol–water partition coefficient (Wildman–Crippen LogP) is -11.4. The Kier molecular flexibility index (Phi) is 31.2. The Morgan fingerprint density at radius 1 is 0.545 bits per heavy atom. The van der Waals surface area contributed by atoms with Gasteiger partial charge in [0.25, 0.3) is 0 Å². The molecule has 0 fully saturated rings. The molecule has 17 nitrogen and oxygen atoms in total. The Morgan fingerprint density at radius 2 is 0.788 bits per heavy atom. The summed E-state index contributed by atoms with van der Waals surface area (Å²) in [5.41, 5.74) is -5.78. The van der Waals surface area contributed by atoms with Crippen LogP contribution < -0.4 is 30.6 Å². The van der Waals surface area contributed by atoms with Crippen LogP contribution in [0.15, 0.2) is 0 Å². The molecule has 1 atom stereocenters. The summed E-state index contributed by atoms with van der Waals surface area (Å²) in [5, 5.41) is 91.1. The van der Waals surface area contributed by atoms with Crippen molar-refractivity contribution >= 4 is 155 Å². The maximum atomic E-state index is 10.3. The summed E-state index contributed by atoms with van der Waals surface area (Å²) >= 11 is 0. The van der Waals surface area contributed by atoms with Gasteiger partial charge in [0.15, 0.2) is 5.60 Å². The number of hydrogen-bond donors (Lipinski definition) is 4. The second-order valence-corrected chi connectivity index (χ2v) is 5.12. The van der Waals surface area contributed by atoms with Crippen LogP contribution in [0.4, 0.5) is 4.79 Å². The van der Waals surface area contributed by atoms with Crippen molar-refractivity contribution in [1.82, 2.24) is 0 Å². The van der Waals surface area contributed by atoms with Crippen LogP contribution in [0.1, 0.15) is 25.7 Å². The zero-order valence-electron chi connectivity index (χ0n) is 16.5. The minimum atomic E-state index is -2.97. The molecule has 0 rings (SSSR count). The normalized spacial score (nSPS) is 10.7. The van der Waals surface area contributed by atoms with Crippen molar-refractivity contribution in [2.45, 2.75) is 36.9 Å². The summed E-state index contributed by atoms with van der Waals surface area (Å²) < 4.78 is 0. The van der Waals surface area contributed by atoms with Crippen molar-refractivity contribution in [3.8, 4) is 0 Å². The number of carbonyl (C=O) groups excluding carboxylic acids is 5. The van der Waals surface area contributed by atoms with E-state index in [1.54, 1.807) is 0 Å². The van der Waals surface area contributed by atoms with E-state index in [0.717, 1.165) is 0 Å². The SMILES string of the molecule is O=C([O-])CC(O)(CC(=O)O)C(=O)O.O=C([O-])CC(O)(CC(=O)[O-])C(=O)[O-].O=C([O-])[O-].[Ca+2].[Ca+2].[Ca+2]. The molecule has 0 aliphatic rings. The molecule has 0 aromatic heterocycles. The minimum Gasteiger partial charge on any atom is -0.652 e. The molecule has 0 heterocycles. The van der Waals surface area contributed by atoms with Gasteiger partial charge in [0, 0.05) is 37.2 Å². The van der Waals surface area contributed by atoms with E-state index in [1.165, 1.54) is 0 Å². The Labute approximate surface area is 273 Å². The third kappa shape index (κ3) is 27.9. The molecule has 0 spiro atoms.